The first-order chi connectivity index (χ1) is 9.67. The summed E-state index contributed by atoms with van der Waals surface area (Å²) < 4.78 is 0. The van der Waals surface area contributed by atoms with Crippen LogP contribution >= 0.6 is 0 Å². The van der Waals surface area contributed by atoms with Crippen molar-refractivity contribution in [2.45, 2.75) is 71.8 Å². The Morgan fingerprint density at radius 2 is 1.75 bits per heavy atom. The van der Waals surface area contributed by atoms with E-state index in [4.69, 9.17) is 0 Å². The average molecular weight is 280 g/mol. The minimum absolute atomic E-state index is 0.746. The number of rotatable bonds is 4. The Bertz CT molecular complexity index is 258. The topological polar surface area (TPSA) is 15.3 Å². The molecule has 0 aromatic rings. The molecule has 2 unspecified atom stereocenters. The van der Waals surface area contributed by atoms with Gasteiger partial charge < -0.3 is 10.2 Å². The molecule has 1 saturated heterocycles. The normalized spacial score (nSPS) is 37.4. The highest BCUT2D eigenvalue weighted by Crippen LogP contribution is 2.30. The lowest BCUT2D eigenvalue weighted by molar-refractivity contribution is 0.173. The first kappa shape index (κ1) is 16.3. The van der Waals surface area contributed by atoms with Gasteiger partial charge in [0.15, 0.2) is 0 Å². The maximum absolute atomic E-state index is 3.73. The fourth-order valence-corrected chi connectivity index (χ4v) is 3.94. The van der Waals surface area contributed by atoms with E-state index in [0.717, 1.165) is 23.8 Å². The molecule has 0 amide bonds. The summed E-state index contributed by atoms with van der Waals surface area (Å²) >= 11 is 0. The Labute approximate surface area is 126 Å². The largest absolute Gasteiger partial charge is 0.314 e. The van der Waals surface area contributed by atoms with Crippen molar-refractivity contribution in [1.29, 1.82) is 0 Å². The number of hydrogen-bond acceptors (Lipinski definition) is 2. The van der Waals surface area contributed by atoms with E-state index in [1.807, 2.05) is 0 Å². The molecular formula is C18H36N2. The van der Waals surface area contributed by atoms with Crippen LogP contribution in [0.2, 0.25) is 0 Å². The van der Waals surface area contributed by atoms with Crippen LogP contribution in [0.3, 0.4) is 0 Å². The third-order valence-corrected chi connectivity index (χ3v) is 5.60. The van der Waals surface area contributed by atoms with Crippen LogP contribution in [-0.4, -0.2) is 37.1 Å². The summed E-state index contributed by atoms with van der Waals surface area (Å²) in [5.41, 5.74) is 0. The smallest absolute Gasteiger partial charge is 0.00767 e. The van der Waals surface area contributed by atoms with Crippen molar-refractivity contribution < 1.29 is 0 Å². The van der Waals surface area contributed by atoms with Crippen molar-refractivity contribution in [3.8, 4) is 0 Å². The maximum atomic E-state index is 3.73. The SMILES string of the molecule is CCC1CCN(CCC2CCC(C)CC2)CC(C)CN1. The summed E-state index contributed by atoms with van der Waals surface area (Å²) in [6.45, 7) is 12.3. The summed E-state index contributed by atoms with van der Waals surface area (Å²) in [5, 5.41) is 3.73. The van der Waals surface area contributed by atoms with Gasteiger partial charge in [0.2, 0.25) is 0 Å². The molecule has 2 rings (SSSR count). The molecule has 0 aromatic carbocycles. The van der Waals surface area contributed by atoms with E-state index in [1.165, 1.54) is 71.1 Å². The maximum Gasteiger partial charge on any atom is 0.00767 e. The van der Waals surface area contributed by atoms with Crippen LogP contribution in [-0.2, 0) is 0 Å². The monoisotopic (exact) mass is 280 g/mol. The van der Waals surface area contributed by atoms with Gasteiger partial charge in [-0.05, 0) is 56.7 Å². The lowest BCUT2D eigenvalue weighted by atomic mass is 9.81. The second-order valence-electron chi connectivity index (χ2n) is 7.62. The van der Waals surface area contributed by atoms with Crippen molar-refractivity contribution in [2.75, 3.05) is 26.2 Å². The van der Waals surface area contributed by atoms with Gasteiger partial charge in [0, 0.05) is 12.6 Å². The number of hydrogen-bond donors (Lipinski definition) is 1. The third-order valence-electron chi connectivity index (χ3n) is 5.60. The summed E-state index contributed by atoms with van der Waals surface area (Å²) in [6, 6.07) is 0.746. The zero-order valence-corrected chi connectivity index (χ0v) is 14.0. The van der Waals surface area contributed by atoms with E-state index in [0.29, 0.717) is 0 Å². The van der Waals surface area contributed by atoms with Crippen LogP contribution in [0.1, 0.15) is 65.7 Å². The Morgan fingerprint density at radius 1 is 1.00 bits per heavy atom. The van der Waals surface area contributed by atoms with Crippen molar-refractivity contribution in [2.24, 2.45) is 17.8 Å². The zero-order chi connectivity index (χ0) is 14.4. The van der Waals surface area contributed by atoms with Crippen molar-refractivity contribution >= 4 is 0 Å². The van der Waals surface area contributed by atoms with Gasteiger partial charge in [-0.25, -0.2) is 0 Å². The zero-order valence-electron chi connectivity index (χ0n) is 14.0. The lowest BCUT2D eigenvalue weighted by Gasteiger charge is -2.34. The second kappa shape index (κ2) is 8.38. The minimum Gasteiger partial charge on any atom is -0.314 e. The van der Waals surface area contributed by atoms with E-state index >= 15 is 0 Å². The van der Waals surface area contributed by atoms with Crippen molar-refractivity contribution in [1.82, 2.24) is 10.2 Å². The molecule has 2 atom stereocenters. The highest BCUT2D eigenvalue weighted by atomic mass is 15.1. The predicted molar refractivity (Wildman–Crippen MR) is 88.0 cm³/mol. The fourth-order valence-electron chi connectivity index (χ4n) is 3.94. The second-order valence-corrected chi connectivity index (χ2v) is 7.62. The molecular weight excluding hydrogens is 244 g/mol. The van der Waals surface area contributed by atoms with Crippen LogP contribution in [0.5, 0.6) is 0 Å². The number of nitrogens with zero attached hydrogens (tertiary/aromatic N) is 1. The van der Waals surface area contributed by atoms with Gasteiger partial charge in [-0.3, -0.25) is 0 Å². The molecule has 1 heterocycles. The molecule has 2 fully saturated rings. The van der Waals surface area contributed by atoms with E-state index in [9.17, 15) is 0 Å². The quantitative estimate of drug-likeness (QED) is 0.840. The van der Waals surface area contributed by atoms with Crippen LogP contribution < -0.4 is 5.32 Å². The van der Waals surface area contributed by atoms with E-state index < -0.39 is 0 Å². The predicted octanol–water partition coefficient (Wildman–Crippen LogP) is 3.91. The summed E-state index contributed by atoms with van der Waals surface area (Å²) in [6.07, 6.45) is 9.99. The van der Waals surface area contributed by atoms with Gasteiger partial charge in [-0.2, -0.15) is 0 Å². The molecule has 1 saturated carbocycles. The molecule has 2 nitrogen and oxygen atoms in total. The summed E-state index contributed by atoms with van der Waals surface area (Å²) in [4.78, 5) is 2.76. The third kappa shape index (κ3) is 5.37. The molecule has 1 N–H and O–H groups in total. The minimum atomic E-state index is 0.746. The summed E-state index contributed by atoms with van der Waals surface area (Å²) in [5.74, 6) is 2.81. The molecule has 2 aliphatic rings. The van der Waals surface area contributed by atoms with Crippen molar-refractivity contribution in [3.05, 3.63) is 0 Å². The highest BCUT2D eigenvalue weighted by Gasteiger charge is 2.21. The van der Waals surface area contributed by atoms with Crippen LogP contribution in [0.4, 0.5) is 0 Å². The molecule has 118 valence electrons. The first-order valence-electron chi connectivity index (χ1n) is 9.13. The fraction of sp³-hybridized carbons (Fsp3) is 1.00. The average Bonchev–Trinajstić information content (AvgIpc) is 2.44. The van der Waals surface area contributed by atoms with Gasteiger partial charge in [0.05, 0.1) is 0 Å². The molecule has 1 aliphatic heterocycles. The Kier molecular flexibility index (Phi) is 6.83. The molecule has 2 heteroatoms. The van der Waals surface area contributed by atoms with E-state index in [-0.39, 0.29) is 0 Å². The molecule has 20 heavy (non-hydrogen) atoms. The molecule has 0 radical (unpaired) electrons. The summed E-state index contributed by atoms with van der Waals surface area (Å²) in [7, 11) is 0. The van der Waals surface area contributed by atoms with Gasteiger partial charge in [-0.1, -0.05) is 46.5 Å². The molecule has 0 spiro atoms. The molecule has 1 aliphatic carbocycles. The Hall–Kier alpha value is -0.0800. The van der Waals surface area contributed by atoms with Gasteiger partial charge in [0.1, 0.15) is 0 Å². The van der Waals surface area contributed by atoms with E-state index in [2.05, 4.69) is 31.0 Å². The van der Waals surface area contributed by atoms with Gasteiger partial charge in [-0.15, -0.1) is 0 Å². The van der Waals surface area contributed by atoms with Crippen LogP contribution in [0.25, 0.3) is 0 Å². The standard InChI is InChI=1S/C18H36N2/c1-4-18-10-12-20(14-16(3)13-19-18)11-9-17-7-5-15(2)6-8-17/h15-19H,4-14H2,1-3H3. The van der Waals surface area contributed by atoms with Crippen molar-refractivity contribution in [3.63, 3.8) is 0 Å². The van der Waals surface area contributed by atoms with Crippen LogP contribution in [0.15, 0.2) is 0 Å². The Balaban J connectivity index is 1.72. The Morgan fingerprint density at radius 3 is 2.45 bits per heavy atom. The highest BCUT2D eigenvalue weighted by molar-refractivity contribution is 4.77. The lowest BCUT2D eigenvalue weighted by Crippen LogP contribution is -2.43. The number of nitrogens with one attached hydrogen (secondary N) is 1. The van der Waals surface area contributed by atoms with E-state index in [1.54, 1.807) is 0 Å². The van der Waals surface area contributed by atoms with Gasteiger partial charge >= 0.3 is 0 Å². The molecule has 0 aromatic heterocycles. The van der Waals surface area contributed by atoms with Crippen LogP contribution in [0, 0.1) is 17.8 Å². The molecule has 0 bridgehead atoms. The van der Waals surface area contributed by atoms with Gasteiger partial charge in [0.25, 0.3) is 0 Å². The first-order valence-corrected chi connectivity index (χ1v) is 9.13.